The number of aryl methyl sites for hydroxylation is 1. The van der Waals surface area contributed by atoms with E-state index in [9.17, 15) is 10.1 Å². The molecule has 0 saturated carbocycles. The number of nitriles is 1. The number of fused-ring (bicyclic) bond motifs is 1. The van der Waals surface area contributed by atoms with E-state index in [1.165, 1.54) is 11.5 Å². The largest absolute Gasteiger partial charge is 0.493 e. The average Bonchev–Trinajstić information content (AvgIpc) is 3.20. The van der Waals surface area contributed by atoms with Gasteiger partial charge in [-0.2, -0.15) is 17.0 Å². The lowest BCUT2D eigenvalue weighted by Gasteiger charge is -2.25. The number of nitrogens with zero attached hydrogens (tertiary/aromatic N) is 3. The number of aromatic nitrogens is 1. The highest BCUT2D eigenvalue weighted by Crippen LogP contribution is 2.36. The standard InChI is InChI=1S/C27H32N4O3S/c1-3-31-25-18-22(34-14-6-11-30-12-15-35-16-13-30)9-10-23(25)24(19-28)26(31)20-7-5-8-21(17-20)29-27(32)33-4-2/h5,7-10,17-18H,3-4,6,11-16H2,1-2H3,(H,29,32). The van der Waals surface area contributed by atoms with Crippen LogP contribution in [-0.4, -0.2) is 59.9 Å². The molecule has 1 aliphatic rings. The Hall–Kier alpha value is -3.15. The second-order valence-electron chi connectivity index (χ2n) is 8.34. The van der Waals surface area contributed by atoms with Crippen molar-refractivity contribution in [3.8, 4) is 23.1 Å². The van der Waals surface area contributed by atoms with Crippen LogP contribution in [0.4, 0.5) is 10.5 Å². The minimum atomic E-state index is -0.498. The number of nitrogens with one attached hydrogen (secondary N) is 1. The van der Waals surface area contributed by atoms with Crippen LogP contribution < -0.4 is 10.1 Å². The quantitative estimate of drug-likeness (QED) is 0.393. The van der Waals surface area contributed by atoms with Crippen molar-refractivity contribution in [2.45, 2.75) is 26.8 Å². The molecule has 1 saturated heterocycles. The summed E-state index contributed by atoms with van der Waals surface area (Å²) in [6, 6.07) is 15.8. The van der Waals surface area contributed by atoms with Crippen LogP contribution in [0.1, 0.15) is 25.8 Å². The van der Waals surface area contributed by atoms with Gasteiger partial charge >= 0.3 is 6.09 Å². The summed E-state index contributed by atoms with van der Waals surface area (Å²) < 4.78 is 13.2. The van der Waals surface area contributed by atoms with Gasteiger partial charge in [0, 0.05) is 60.4 Å². The minimum absolute atomic E-state index is 0.302. The van der Waals surface area contributed by atoms with Crippen LogP contribution in [-0.2, 0) is 11.3 Å². The first-order valence-corrected chi connectivity index (χ1v) is 13.3. The third-order valence-electron chi connectivity index (χ3n) is 6.11. The van der Waals surface area contributed by atoms with Gasteiger partial charge < -0.3 is 18.9 Å². The Morgan fingerprint density at radius 1 is 1.17 bits per heavy atom. The average molecular weight is 493 g/mol. The first-order valence-electron chi connectivity index (χ1n) is 12.2. The van der Waals surface area contributed by atoms with Gasteiger partial charge in [0.1, 0.15) is 11.8 Å². The van der Waals surface area contributed by atoms with Gasteiger partial charge in [-0.25, -0.2) is 4.79 Å². The first kappa shape index (κ1) is 25.0. The van der Waals surface area contributed by atoms with Gasteiger partial charge in [0.05, 0.1) is 30.0 Å². The van der Waals surface area contributed by atoms with Gasteiger partial charge in [-0.1, -0.05) is 12.1 Å². The maximum absolute atomic E-state index is 11.9. The van der Waals surface area contributed by atoms with Crippen LogP contribution in [0.3, 0.4) is 0 Å². The molecule has 3 aromatic rings. The van der Waals surface area contributed by atoms with Gasteiger partial charge in [0.25, 0.3) is 0 Å². The fraction of sp³-hybridized carbons (Fsp3) is 0.407. The fourth-order valence-corrected chi connectivity index (χ4v) is 5.47. The topological polar surface area (TPSA) is 79.5 Å². The molecule has 1 fully saturated rings. The van der Waals surface area contributed by atoms with E-state index in [0.29, 0.717) is 31.0 Å². The lowest BCUT2D eigenvalue weighted by Crippen LogP contribution is -2.33. The maximum atomic E-state index is 11.9. The molecule has 4 rings (SSSR count). The molecule has 0 unspecified atom stereocenters. The van der Waals surface area contributed by atoms with Crippen molar-refractivity contribution in [1.29, 1.82) is 5.26 Å². The van der Waals surface area contributed by atoms with Crippen molar-refractivity contribution in [1.82, 2.24) is 9.47 Å². The number of hydrogen-bond acceptors (Lipinski definition) is 6. The molecule has 1 aromatic heterocycles. The molecule has 35 heavy (non-hydrogen) atoms. The number of thioether (sulfide) groups is 1. The summed E-state index contributed by atoms with van der Waals surface area (Å²) in [6.07, 6.45) is 0.495. The summed E-state index contributed by atoms with van der Waals surface area (Å²) in [6.45, 7) is 8.88. The zero-order valence-electron chi connectivity index (χ0n) is 20.4. The molecule has 0 bridgehead atoms. The third kappa shape index (κ3) is 5.92. The number of ether oxygens (including phenoxy) is 2. The summed E-state index contributed by atoms with van der Waals surface area (Å²) in [5.41, 5.74) is 3.89. The Morgan fingerprint density at radius 3 is 2.74 bits per heavy atom. The highest BCUT2D eigenvalue weighted by molar-refractivity contribution is 7.99. The highest BCUT2D eigenvalue weighted by atomic mass is 32.2. The van der Waals surface area contributed by atoms with Crippen LogP contribution in [0.2, 0.25) is 0 Å². The van der Waals surface area contributed by atoms with Gasteiger partial charge in [-0.15, -0.1) is 0 Å². The molecule has 0 atom stereocenters. The lowest BCUT2D eigenvalue weighted by atomic mass is 10.1. The van der Waals surface area contributed by atoms with Gasteiger partial charge in [-0.05, 0) is 44.5 Å². The second-order valence-corrected chi connectivity index (χ2v) is 9.57. The molecule has 0 spiro atoms. The normalized spacial score (nSPS) is 14.0. The summed E-state index contributed by atoms with van der Waals surface area (Å²) in [5.74, 6) is 3.25. The molecule has 7 nitrogen and oxygen atoms in total. The van der Waals surface area contributed by atoms with E-state index >= 15 is 0 Å². The zero-order chi connectivity index (χ0) is 24.6. The number of hydrogen-bond donors (Lipinski definition) is 1. The number of carbonyl (C=O) groups is 1. The first-order chi connectivity index (χ1) is 17.1. The number of anilines is 1. The van der Waals surface area contributed by atoms with Crippen molar-refractivity contribution < 1.29 is 14.3 Å². The lowest BCUT2D eigenvalue weighted by molar-refractivity contribution is 0.168. The van der Waals surface area contributed by atoms with Crippen molar-refractivity contribution in [3.05, 3.63) is 48.0 Å². The molecular weight excluding hydrogens is 460 g/mol. The molecule has 2 aromatic carbocycles. The maximum Gasteiger partial charge on any atom is 0.411 e. The molecule has 2 heterocycles. The van der Waals surface area contributed by atoms with Crippen LogP contribution in [0, 0.1) is 11.3 Å². The van der Waals surface area contributed by atoms with E-state index in [4.69, 9.17) is 9.47 Å². The van der Waals surface area contributed by atoms with Gasteiger partial charge in [-0.3, -0.25) is 5.32 Å². The second kappa shape index (κ2) is 12.0. The molecular formula is C27H32N4O3S. The van der Waals surface area contributed by atoms with E-state index in [-0.39, 0.29) is 0 Å². The summed E-state index contributed by atoms with van der Waals surface area (Å²) in [7, 11) is 0. The molecule has 0 aliphatic carbocycles. The van der Waals surface area contributed by atoms with Crippen molar-refractivity contribution in [3.63, 3.8) is 0 Å². The molecule has 8 heteroatoms. The Bertz CT molecular complexity index is 1210. The summed E-state index contributed by atoms with van der Waals surface area (Å²) >= 11 is 2.03. The number of carbonyl (C=O) groups excluding carboxylic acids is 1. The molecule has 1 N–H and O–H groups in total. The minimum Gasteiger partial charge on any atom is -0.493 e. The van der Waals surface area contributed by atoms with Crippen LogP contribution >= 0.6 is 11.8 Å². The Balaban J connectivity index is 1.57. The van der Waals surface area contributed by atoms with Crippen LogP contribution in [0.5, 0.6) is 5.75 Å². The SMILES string of the molecule is CCOC(=O)Nc1cccc(-c2c(C#N)c3ccc(OCCCN4CCSCC4)cc3n2CC)c1. The molecule has 184 valence electrons. The van der Waals surface area contributed by atoms with E-state index < -0.39 is 6.09 Å². The van der Waals surface area contributed by atoms with E-state index in [1.807, 2.05) is 48.2 Å². The van der Waals surface area contributed by atoms with Crippen LogP contribution in [0.25, 0.3) is 22.2 Å². The zero-order valence-corrected chi connectivity index (χ0v) is 21.2. The van der Waals surface area contributed by atoms with Crippen molar-refractivity contribution >= 4 is 34.4 Å². The Morgan fingerprint density at radius 2 is 2.00 bits per heavy atom. The predicted molar refractivity (Wildman–Crippen MR) is 142 cm³/mol. The summed E-state index contributed by atoms with van der Waals surface area (Å²) in [5, 5.41) is 13.7. The van der Waals surface area contributed by atoms with Crippen LogP contribution in [0.15, 0.2) is 42.5 Å². The predicted octanol–water partition coefficient (Wildman–Crippen LogP) is 5.59. The summed E-state index contributed by atoms with van der Waals surface area (Å²) in [4.78, 5) is 14.4. The Kier molecular flexibility index (Phi) is 8.56. The molecule has 1 aliphatic heterocycles. The van der Waals surface area contributed by atoms with Gasteiger partial charge in [0.15, 0.2) is 0 Å². The van der Waals surface area contributed by atoms with Crippen molar-refractivity contribution in [2.75, 3.05) is 49.7 Å². The molecule has 1 amide bonds. The Labute approximate surface area is 211 Å². The fourth-order valence-electron chi connectivity index (χ4n) is 4.49. The monoisotopic (exact) mass is 492 g/mol. The van der Waals surface area contributed by atoms with Crippen molar-refractivity contribution in [2.24, 2.45) is 0 Å². The number of rotatable bonds is 9. The highest BCUT2D eigenvalue weighted by Gasteiger charge is 2.19. The van der Waals surface area contributed by atoms with E-state index in [1.54, 1.807) is 13.0 Å². The number of benzene rings is 2. The van der Waals surface area contributed by atoms with E-state index in [0.717, 1.165) is 54.0 Å². The number of amides is 1. The van der Waals surface area contributed by atoms with E-state index in [2.05, 4.69) is 27.8 Å². The smallest absolute Gasteiger partial charge is 0.411 e. The third-order valence-corrected chi connectivity index (χ3v) is 7.06. The van der Waals surface area contributed by atoms with Gasteiger partial charge in [0.2, 0.25) is 0 Å². The molecule has 0 radical (unpaired) electrons.